The maximum absolute atomic E-state index is 13.1. The minimum absolute atomic E-state index is 0.0560. The third kappa shape index (κ3) is 4.90. The first kappa shape index (κ1) is 22.7. The average molecular weight is 464 g/mol. The van der Waals surface area contributed by atoms with Crippen molar-refractivity contribution in [2.75, 3.05) is 56.0 Å². The van der Waals surface area contributed by atoms with Crippen molar-refractivity contribution in [2.24, 2.45) is 5.92 Å². The lowest BCUT2D eigenvalue weighted by atomic mass is 9.96. The number of piperazine rings is 1. The van der Waals surface area contributed by atoms with E-state index in [0.29, 0.717) is 12.3 Å². The van der Waals surface area contributed by atoms with Crippen LogP contribution in [0.25, 0.3) is 11.1 Å². The summed E-state index contributed by atoms with van der Waals surface area (Å²) < 4.78 is 5.29. The summed E-state index contributed by atoms with van der Waals surface area (Å²) in [7, 11) is 0. The van der Waals surface area contributed by atoms with Gasteiger partial charge in [0.05, 0.1) is 11.6 Å². The van der Waals surface area contributed by atoms with Crippen LogP contribution in [0.2, 0.25) is 0 Å². The Hall–Kier alpha value is -3.04. The number of nitrogens with zero attached hydrogens (tertiary/aromatic N) is 6. The SMILES string of the molecule is CCN1CCN(Cc2ccc(NC(=O)[C@H]3CCCN(c4ncnc5onc(C)c45)C3)cc2)CC1. The van der Waals surface area contributed by atoms with Crippen molar-refractivity contribution in [2.45, 2.75) is 33.2 Å². The topological polar surface area (TPSA) is 90.6 Å². The molecule has 2 aliphatic rings. The number of carbonyl (C=O) groups is 1. The molecule has 1 aromatic carbocycles. The number of hydrogen-bond acceptors (Lipinski definition) is 8. The van der Waals surface area contributed by atoms with Crippen LogP contribution in [0.5, 0.6) is 0 Å². The smallest absolute Gasteiger partial charge is 0.263 e. The predicted molar refractivity (Wildman–Crippen MR) is 132 cm³/mol. The van der Waals surface area contributed by atoms with Crippen molar-refractivity contribution in [3.63, 3.8) is 0 Å². The summed E-state index contributed by atoms with van der Waals surface area (Å²) in [6.07, 6.45) is 3.29. The van der Waals surface area contributed by atoms with Crippen LogP contribution >= 0.6 is 0 Å². The first-order valence-electron chi connectivity index (χ1n) is 12.3. The zero-order chi connectivity index (χ0) is 23.5. The van der Waals surface area contributed by atoms with E-state index in [1.807, 2.05) is 19.1 Å². The molecule has 1 amide bonds. The molecule has 2 aliphatic heterocycles. The third-order valence-electron chi connectivity index (χ3n) is 7.05. The van der Waals surface area contributed by atoms with E-state index in [4.69, 9.17) is 4.52 Å². The monoisotopic (exact) mass is 463 g/mol. The number of likely N-dealkylation sites (N-methyl/N-ethyl adjacent to an activating group) is 1. The molecule has 0 spiro atoms. The number of benzene rings is 1. The lowest BCUT2D eigenvalue weighted by Crippen LogP contribution is -2.45. The van der Waals surface area contributed by atoms with Crippen LogP contribution in [0.15, 0.2) is 35.1 Å². The molecule has 0 radical (unpaired) electrons. The molecule has 0 saturated carbocycles. The summed E-state index contributed by atoms with van der Waals surface area (Å²) >= 11 is 0. The molecule has 0 bridgehead atoms. The van der Waals surface area contributed by atoms with Gasteiger partial charge >= 0.3 is 0 Å². The van der Waals surface area contributed by atoms with E-state index in [2.05, 4.69) is 54.2 Å². The molecule has 2 aromatic heterocycles. The van der Waals surface area contributed by atoms with E-state index >= 15 is 0 Å². The third-order valence-corrected chi connectivity index (χ3v) is 7.05. The highest BCUT2D eigenvalue weighted by Gasteiger charge is 2.28. The molecule has 5 rings (SSSR count). The molecule has 3 aromatic rings. The predicted octanol–water partition coefficient (Wildman–Crippen LogP) is 2.92. The highest BCUT2D eigenvalue weighted by Crippen LogP contribution is 2.30. The Morgan fingerprint density at radius 2 is 1.85 bits per heavy atom. The van der Waals surface area contributed by atoms with Gasteiger partial charge in [0.2, 0.25) is 5.91 Å². The van der Waals surface area contributed by atoms with E-state index < -0.39 is 0 Å². The van der Waals surface area contributed by atoms with E-state index in [0.717, 1.165) is 81.2 Å². The summed E-state index contributed by atoms with van der Waals surface area (Å²) in [5.41, 5.74) is 3.38. The Morgan fingerprint density at radius 3 is 2.62 bits per heavy atom. The molecule has 180 valence electrons. The Labute approximate surface area is 200 Å². The molecule has 1 N–H and O–H groups in total. The van der Waals surface area contributed by atoms with Crippen molar-refractivity contribution >= 4 is 28.5 Å². The highest BCUT2D eigenvalue weighted by molar-refractivity contribution is 5.93. The molecular formula is C25H33N7O2. The van der Waals surface area contributed by atoms with Gasteiger partial charge in [0.15, 0.2) is 0 Å². The lowest BCUT2D eigenvalue weighted by molar-refractivity contribution is -0.120. The number of fused-ring (bicyclic) bond motifs is 1. The van der Waals surface area contributed by atoms with Gasteiger partial charge in [-0.15, -0.1) is 0 Å². The van der Waals surface area contributed by atoms with Gasteiger partial charge in [0, 0.05) is 51.5 Å². The van der Waals surface area contributed by atoms with Crippen LogP contribution in [0.1, 0.15) is 31.0 Å². The van der Waals surface area contributed by atoms with Gasteiger partial charge in [-0.2, -0.15) is 4.98 Å². The number of anilines is 2. The summed E-state index contributed by atoms with van der Waals surface area (Å²) in [6, 6.07) is 8.29. The zero-order valence-corrected chi connectivity index (χ0v) is 20.0. The van der Waals surface area contributed by atoms with Crippen LogP contribution in [-0.4, -0.2) is 76.6 Å². The number of hydrogen-bond donors (Lipinski definition) is 1. The normalized spacial score (nSPS) is 20.1. The van der Waals surface area contributed by atoms with Crippen LogP contribution in [0.4, 0.5) is 11.5 Å². The molecule has 34 heavy (non-hydrogen) atoms. The van der Waals surface area contributed by atoms with E-state index in [-0.39, 0.29) is 11.8 Å². The fourth-order valence-corrected chi connectivity index (χ4v) is 4.99. The van der Waals surface area contributed by atoms with E-state index in [1.165, 1.54) is 11.9 Å². The van der Waals surface area contributed by atoms with Gasteiger partial charge < -0.3 is 19.6 Å². The number of amides is 1. The van der Waals surface area contributed by atoms with E-state index in [1.54, 1.807) is 0 Å². The quantitative estimate of drug-likeness (QED) is 0.597. The Kier molecular flexibility index (Phi) is 6.73. The van der Waals surface area contributed by atoms with Crippen LogP contribution in [0.3, 0.4) is 0 Å². The second kappa shape index (κ2) is 10.1. The van der Waals surface area contributed by atoms with Crippen molar-refractivity contribution in [3.8, 4) is 0 Å². The number of piperidine rings is 1. The molecule has 2 saturated heterocycles. The van der Waals surface area contributed by atoms with Crippen LogP contribution < -0.4 is 10.2 Å². The highest BCUT2D eigenvalue weighted by atomic mass is 16.5. The maximum Gasteiger partial charge on any atom is 0.263 e. The number of rotatable bonds is 6. The fraction of sp³-hybridized carbons (Fsp3) is 0.520. The summed E-state index contributed by atoms with van der Waals surface area (Å²) in [6.45, 7) is 12.2. The molecule has 0 aliphatic carbocycles. The second-order valence-corrected chi connectivity index (χ2v) is 9.33. The zero-order valence-electron chi connectivity index (χ0n) is 20.0. The van der Waals surface area contributed by atoms with Crippen LogP contribution in [0, 0.1) is 12.8 Å². The summed E-state index contributed by atoms with van der Waals surface area (Å²) in [5.74, 6) is 0.749. The molecule has 2 fully saturated rings. The van der Waals surface area contributed by atoms with Gasteiger partial charge in [-0.3, -0.25) is 9.69 Å². The average Bonchev–Trinajstić information content (AvgIpc) is 3.26. The number of aryl methyl sites for hydroxylation is 1. The number of aromatic nitrogens is 3. The molecule has 9 heteroatoms. The minimum atomic E-state index is -0.103. The van der Waals surface area contributed by atoms with Crippen molar-refractivity contribution in [1.82, 2.24) is 24.9 Å². The molecule has 4 heterocycles. The number of carbonyl (C=O) groups excluding carboxylic acids is 1. The van der Waals surface area contributed by atoms with Crippen molar-refractivity contribution in [1.29, 1.82) is 0 Å². The van der Waals surface area contributed by atoms with Gasteiger partial charge in [-0.05, 0) is 44.0 Å². The molecule has 9 nitrogen and oxygen atoms in total. The molecular weight excluding hydrogens is 430 g/mol. The van der Waals surface area contributed by atoms with Crippen LogP contribution in [-0.2, 0) is 11.3 Å². The van der Waals surface area contributed by atoms with Gasteiger partial charge in [-0.1, -0.05) is 24.2 Å². The molecule has 1 atom stereocenters. The molecule has 0 unspecified atom stereocenters. The Balaban J connectivity index is 1.18. The largest absolute Gasteiger partial charge is 0.355 e. The maximum atomic E-state index is 13.1. The van der Waals surface area contributed by atoms with Crippen molar-refractivity contribution in [3.05, 3.63) is 41.9 Å². The summed E-state index contributed by atoms with van der Waals surface area (Å²) in [4.78, 5) is 28.9. The summed E-state index contributed by atoms with van der Waals surface area (Å²) in [5, 5.41) is 7.97. The van der Waals surface area contributed by atoms with Gasteiger partial charge in [0.25, 0.3) is 5.71 Å². The fourth-order valence-electron chi connectivity index (χ4n) is 4.99. The van der Waals surface area contributed by atoms with Crippen molar-refractivity contribution < 1.29 is 9.32 Å². The van der Waals surface area contributed by atoms with E-state index in [9.17, 15) is 4.79 Å². The Bertz CT molecular complexity index is 1120. The lowest BCUT2D eigenvalue weighted by Gasteiger charge is -2.34. The first-order valence-corrected chi connectivity index (χ1v) is 12.3. The second-order valence-electron chi connectivity index (χ2n) is 9.33. The standard InChI is InChI=1S/C25H33N7O2/c1-3-30-11-13-31(14-12-30)15-19-6-8-21(9-7-19)28-24(33)20-5-4-10-32(16-20)23-22-18(2)29-34-25(22)27-17-26-23/h6-9,17,20H,3-5,10-16H2,1-2H3,(H,28,33)/t20-/m0/s1. The Morgan fingerprint density at radius 1 is 1.09 bits per heavy atom. The van der Waals surface area contributed by atoms with Gasteiger partial charge in [0.1, 0.15) is 17.5 Å². The first-order chi connectivity index (χ1) is 16.6. The minimum Gasteiger partial charge on any atom is -0.355 e. The van der Waals surface area contributed by atoms with Gasteiger partial charge in [-0.25, -0.2) is 4.98 Å². The number of nitrogens with one attached hydrogen (secondary N) is 1.